The Labute approximate surface area is 130 Å². The molecule has 0 fully saturated rings. The lowest BCUT2D eigenvalue weighted by Gasteiger charge is -2.09. The van der Waals surface area contributed by atoms with Crippen LogP contribution in [-0.4, -0.2) is 19.0 Å². The SMILES string of the molecule is CCOc1ccc(OCCSc2cccc(N)c2C)cc1. The van der Waals surface area contributed by atoms with E-state index in [1.54, 1.807) is 11.8 Å². The lowest BCUT2D eigenvalue weighted by molar-refractivity contribution is 0.332. The Morgan fingerprint density at radius 3 is 2.33 bits per heavy atom. The zero-order chi connectivity index (χ0) is 15.1. The molecule has 2 aromatic carbocycles. The number of ether oxygens (including phenoxy) is 2. The summed E-state index contributed by atoms with van der Waals surface area (Å²) in [5.74, 6) is 2.62. The van der Waals surface area contributed by atoms with E-state index >= 15 is 0 Å². The van der Waals surface area contributed by atoms with Gasteiger partial charge in [0.15, 0.2) is 0 Å². The molecule has 0 aliphatic carbocycles. The van der Waals surface area contributed by atoms with Gasteiger partial charge < -0.3 is 15.2 Å². The lowest BCUT2D eigenvalue weighted by atomic mass is 10.2. The van der Waals surface area contributed by atoms with Gasteiger partial charge in [-0.05, 0) is 55.8 Å². The van der Waals surface area contributed by atoms with Gasteiger partial charge in [-0.3, -0.25) is 0 Å². The van der Waals surface area contributed by atoms with E-state index in [-0.39, 0.29) is 0 Å². The number of rotatable bonds is 7. The Kier molecular flexibility index (Phi) is 5.81. The van der Waals surface area contributed by atoms with Crippen LogP contribution in [0.4, 0.5) is 5.69 Å². The van der Waals surface area contributed by atoms with Crippen molar-refractivity contribution in [2.45, 2.75) is 18.7 Å². The van der Waals surface area contributed by atoms with Crippen molar-refractivity contribution in [3.8, 4) is 11.5 Å². The first-order valence-electron chi connectivity index (χ1n) is 7.04. The van der Waals surface area contributed by atoms with Crippen LogP contribution >= 0.6 is 11.8 Å². The second kappa shape index (κ2) is 7.84. The van der Waals surface area contributed by atoms with E-state index in [0.29, 0.717) is 13.2 Å². The van der Waals surface area contributed by atoms with Gasteiger partial charge in [0.05, 0.1) is 13.2 Å². The molecule has 0 unspecified atom stereocenters. The third-order valence-corrected chi connectivity index (χ3v) is 4.19. The Bertz CT molecular complexity index is 570. The second-order valence-electron chi connectivity index (χ2n) is 4.57. The maximum absolute atomic E-state index is 5.90. The van der Waals surface area contributed by atoms with Crippen molar-refractivity contribution in [3.05, 3.63) is 48.0 Å². The monoisotopic (exact) mass is 303 g/mol. The predicted molar refractivity (Wildman–Crippen MR) is 89.4 cm³/mol. The van der Waals surface area contributed by atoms with Crippen molar-refractivity contribution in [1.29, 1.82) is 0 Å². The van der Waals surface area contributed by atoms with Crippen LogP contribution in [0.2, 0.25) is 0 Å². The van der Waals surface area contributed by atoms with Crippen molar-refractivity contribution < 1.29 is 9.47 Å². The van der Waals surface area contributed by atoms with E-state index in [2.05, 4.69) is 6.07 Å². The standard InChI is InChI=1S/C17H21NO2S/c1-3-19-14-7-9-15(10-8-14)20-11-12-21-17-6-4-5-16(18)13(17)2/h4-10H,3,11-12,18H2,1-2H3. The molecule has 112 valence electrons. The van der Waals surface area contributed by atoms with Gasteiger partial charge in [0.1, 0.15) is 11.5 Å². The first-order chi connectivity index (χ1) is 10.2. The Hall–Kier alpha value is -1.81. The molecule has 21 heavy (non-hydrogen) atoms. The van der Waals surface area contributed by atoms with Gasteiger partial charge in [0, 0.05) is 16.3 Å². The van der Waals surface area contributed by atoms with Crippen molar-refractivity contribution in [1.82, 2.24) is 0 Å². The quantitative estimate of drug-likeness (QED) is 0.474. The number of nitrogens with two attached hydrogens (primary N) is 1. The number of anilines is 1. The molecule has 0 aliphatic rings. The molecule has 0 aliphatic heterocycles. The molecule has 0 saturated heterocycles. The average molecular weight is 303 g/mol. The fourth-order valence-corrected chi connectivity index (χ4v) is 2.79. The maximum atomic E-state index is 5.90. The zero-order valence-electron chi connectivity index (χ0n) is 12.5. The molecule has 4 heteroatoms. The summed E-state index contributed by atoms with van der Waals surface area (Å²) in [6.07, 6.45) is 0. The van der Waals surface area contributed by atoms with Gasteiger partial charge in [-0.15, -0.1) is 11.8 Å². The van der Waals surface area contributed by atoms with Crippen LogP contribution in [0.5, 0.6) is 11.5 Å². The van der Waals surface area contributed by atoms with E-state index in [1.807, 2.05) is 50.2 Å². The summed E-state index contributed by atoms with van der Waals surface area (Å²) >= 11 is 1.76. The van der Waals surface area contributed by atoms with Crippen LogP contribution in [0.15, 0.2) is 47.4 Å². The molecule has 0 atom stereocenters. The summed E-state index contributed by atoms with van der Waals surface area (Å²) in [6, 6.07) is 13.7. The summed E-state index contributed by atoms with van der Waals surface area (Å²) in [6.45, 7) is 5.36. The van der Waals surface area contributed by atoms with Crippen LogP contribution < -0.4 is 15.2 Å². The summed E-state index contributed by atoms with van der Waals surface area (Å²) < 4.78 is 11.1. The third kappa shape index (κ3) is 4.60. The van der Waals surface area contributed by atoms with Crippen LogP contribution in [0.1, 0.15) is 12.5 Å². The first kappa shape index (κ1) is 15.6. The summed E-state index contributed by atoms with van der Waals surface area (Å²) in [5.41, 5.74) is 7.88. The third-order valence-electron chi connectivity index (χ3n) is 3.07. The molecule has 3 nitrogen and oxygen atoms in total. The van der Waals surface area contributed by atoms with E-state index in [9.17, 15) is 0 Å². The van der Waals surface area contributed by atoms with Crippen LogP contribution in [0.3, 0.4) is 0 Å². The molecule has 2 N–H and O–H groups in total. The molecule has 0 amide bonds. The van der Waals surface area contributed by atoms with E-state index in [0.717, 1.165) is 28.5 Å². The van der Waals surface area contributed by atoms with Gasteiger partial charge in [0.2, 0.25) is 0 Å². The molecular formula is C17H21NO2S. The predicted octanol–water partition coefficient (Wildman–Crippen LogP) is 4.15. The first-order valence-corrected chi connectivity index (χ1v) is 8.03. The minimum atomic E-state index is 0.660. The number of benzene rings is 2. The molecule has 0 saturated carbocycles. The number of hydrogen-bond acceptors (Lipinski definition) is 4. The van der Waals surface area contributed by atoms with Crippen LogP contribution in [0.25, 0.3) is 0 Å². The summed E-state index contributed by atoms with van der Waals surface area (Å²) in [7, 11) is 0. The maximum Gasteiger partial charge on any atom is 0.119 e. The molecule has 0 heterocycles. The minimum Gasteiger partial charge on any atom is -0.494 e. The van der Waals surface area contributed by atoms with Crippen LogP contribution in [-0.2, 0) is 0 Å². The Morgan fingerprint density at radius 2 is 1.67 bits per heavy atom. The highest BCUT2D eigenvalue weighted by atomic mass is 32.2. The zero-order valence-corrected chi connectivity index (χ0v) is 13.3. The lowest BCUT2D eigenvalue weighted by Crippen LogP contribution is -2.01. The number of hydrogen-bond donors (Lipinski definition) is 1. The van der Waals surface area contributed by atoms with Gasteiger partial charge in [-0.1, -0.05) is 6.07 Å². The van der Waals surface area contributed by atoms with Gasteiger partial charge in [-0.2, -0.15) is 0 Å². The molecule has 0 radical (unpaired) electrons. The van der Waals surface area contributed by atoms with Crippen molar-refractivity contribution >= 4 is 17.4 Å². The van der Waals surface area contributed by atoms with Gasteiger partial charge in [-0.25, -0.2) is 0 Å². The van der Waals surface area contributed by atoms with Gasteiger partial charge in [0.25, 0.3) is 0 Å². The summed E-state index contributed by atoms with van der Waals surface area (Å²) in [4.78, 5) is 1.21. The molecule has 2 rings (SSSR count). The van der Waals surface area contributed by atoms with Gasteiger partial charge >= 0.3 is 0 Å². The van der Waals surface area contributed by atoms with E-state index < -0.39 is 0 Å². The number of thioether (sulfide) groups is 1. The Morgan fingerprint density at radius 1 is 1.00 bits per heavy atom. The fourth-order valence-electron chi connectivity index (χ4n) is 1.90. The van der Waals surface area contributed by atoms with Crippen LogP contribution in [0, 0.1) is 6.92 Å². The smallest absolute Gasteiger partial charge is 0.119 e. The second-order valence-corrected chi connectivity index (χ2v) is 5.71. The van der Waals surface area contributed by atoms with Crippen molar-refractivity contribution in [2.24, 2.45) is 0 Å². The molecule has 0 spiro atoms. The van der Waals surface area contributed by atoms with Crippen molar-refractivity contribution in [3.63, 3.8) is 0 Å². The van der Waals surface area contributed by atoms with E-state index in [4.69, 9.17) is 15.2 Å². The van der Waals surface area contributed by atoms with Crippen molar-refractivity contribution in [2.75, 3.05) is 24.7 Å². The fraction of sp³-hybridized carbons (Fsp3) is 0.294. The molecule has 0 bridgehead atoms. The highest BCUT2D eigenvalue weighted by Gasteiger charge is 2.02. The highest BCUT2D eigenvalue weighted by molar-refractivity contribution is 7.99. The van der Waals surface area contributed by atoms with E-state index in [1.165, 1.54) is 4.90 Å². The Balaban J connectivity index is 1.78. The number of nitrogen functional groups attached to an aromatic ring is 1. The highest BCUT2D eigenvalue weighted by Crippen LogP contribution is 2.26. The topological polar surface area (TPSA) is 44.5 Å². The largest absolute Gasteiger partial charge is 0.494 e. The minimum absolute atomic E-state index is 0.660. The molecule has 0 aromatic heterocycles. The normalized spacial score (nSPS) is 10.4. The molecular weight excluding hydrogens is 282 g/mol. The summed E-state index contributed by atoms with van der Waals surface area (Å²) in [5, 5.41) is 0. The molecule has 2 aromatic rings. The average Bonchev–Trinajstić information content (AvgIpc) is 2.50.